The van der Waals surface area contributed by atoms with E-state index in [2.05, 4.69) is 59.8 Å². The van der Waals surface area contributed by atoms with E-state index in [1.807, 2.05) is 30.3 Å². The molecule has 0 atom stereocenters. The molecule has 0 unspecified atom stereocenters. The van der Waals surface area contributed by atoms with Crippen LogP contribution in [0.4, 0.5) is 0 Å². The van der Waals surface area contributed by atoms with E-state index in [4.69, 9.17) is 0 Å². The molecular weight excluding hydrogens is 354 g/mol. The zero-order chi connectivity index (χ0) is 15.4. The molecule has 0 spiro atoms. The summed E-state index contributed by atoms with van der Waals surface area (Å²) in [5.74, 6) is 0. The van der Waals surface area contributed by atoms with Crippen LogP contribution >= 0.6 is 15.9 Å². The van der Waals surface area contributed by atoms with Gasteiger partial charge in [0, 0.05) is 11.1 Å². The van der Waals surface area contributed by atoms with E-state index in [1.165, 1.54) is 0 Å². The molecule has 5 rings (SSSR count). The SMILES string of the molecule is Brc1nc2c3c4ccccc4n(-c4ccccc4)c3ncn2n1. The van der Waals surface area contributed by atoms with Crippen LogP contribution in [0.2, 0.25) is 0 Å². The zero-order valence-corrected chi connectivity index (χ0v) is 13.5. The number of fused-ring (bicyclic) bond motifs is 5. The molecule has 2 aromatic carbocycles. The molecule has 3 aromatic heterocycles. The monoisotopic (exact) mass is 363 g/mol. The molecule has 5 aromatic rings. The fourth-order valence-corrected chi connectivity index (χ4v) is 3.40. The van der Waals surface area contributed by atoms with E-state index >= 15 is 0 Å². The van der Waals surface area contributed by atoms with Gasteiger partial charge in [-0.15, -0.1) is 5.10 Å². The van der Waals surface area contributed by atoms with Gasteiger partial charge in [0.2, 0.25) is 4.73 Å². The Kier molecular flexibility index (Phi) is 2.57. The van der Waals surface area contributed by atoms with Gasteiger partial charge in [0.1, 0.15) is 6.33 Å². The number of rotatable bonds is 1. The van der Waals surface area contributed by atoms with Crippen molar-refractivity contribution in [1.29, 1.82) is 0 Å². The summed E-state index contributed by atoms with van der Waals surface area (Å²) in [4.78, 5) is 9.15. The first-order valence-corrected chi connectivity index (χ1v) is 7.98. The summed E-state index contributed by atoms with van der Waals surface area (Å²) >= 11 is 3.35. The molecule has 0 aliphatic rings. The van der Waals surface area contributed by atoms with Crippen molar-refractivity contribution in [3.63, 3.8) is 0 Å². The van der Waals surface area contributed by atoms with Crippen LogP contribution in [-0.4, -0.2) is 24.1 Å². The molecule has 5 nitrogen and oxygen atoms in total. The summed E-state index contributed by atoms with van der Waals surface area (Å²) in [6, 6.07) is 18.5. The number of nitrogens with zero attached hydrogens (tertiary/aromatic N) is 5. The average Bonchev–Trinajstić information content (AvgIpc) is 3.12. The first-order chi connectivity index (χ1) is 11.3. The van der Waals surface area contributed by atoms with E-state index in [-0.39, 0.29) is 0 Å². The topological polar surface area (TPSA) is 48.0 Å². The Hall–Kier alpha value is -2.73. The van der Waals surface area contributed by atoms with Crippen LogP contribution in [0.1, 0.15) is 0 Å². The Morgan fingerprint density at radius 3 is 2.52 bits per heavy atom. The molecule has 0 aliphatic heterocycles. The third kappa shape index (κ3) is 1.75. The standard InChI is InChI=1S/C17H10BrN5/c18-17-20-16-14-12-8-4-5-9-13(12)23(11-6-2-1-3-7-11)15(14)19-10-22(16)21-17/h1-10H. The number of hydrogen-bond donors (Lipinski definition) is 0. The Morgan fingerprint density at radius 1 is 0.870 bits per heavy atom. The smallest absolute Gasteiger partial charge is 0.218 e. The van der Waals surface area contributed by atoms with Gasteiger partial charge in [-0.25, -0.2) is 14.5 Å². The van der Waals surface area contributed by atoms with Crippen molar-refractivity contribution in [2.24, 2.45) is 0 Å². The maximum atomic E-state index is 4.64. The highest BCUT2D eigenvalue weighted by molar-refractivity contribution is 9.10. The first-order valence-electron chi connectivity index (χ1n) is 7.18. The zero-order valence-electron chi connectivity index (χ0n) is 11.9. The minimum absolute atomic E-state index is 0.559. The minimum Gasteiger partial charge on any atom is -0.294 e. The molecule has 6 heteroatoms. The van der Waals surface area contributed by atoms with Crippen LogP contribution in [0.5, 0.6) is 0 Å². The summed E-state index contributed by atoms with van der Waals surface area (Å²) < 4.78 is 4.42. The minimum atomic E-state index is 0.559. The molecule has 0 radical (unpaired) electrons. The summed E-state index contributed by atoms with van der Waals surface area (Å²) in [6.07, 6.45) is 1.70. The lowest BCUT2D eigenvalue weighted by Crippen LogP contribution is -1.97. The average molecular weight is 364 g/mol. The van der Waals surface area contributed by atoms with Gasteiger partial charge in [0.05, 0.1) is 10.9 Å². The second-order valence-corrected chi connectivity index (χ2v) is 5.99. The Morgan fingerprint density at radius 2 is 1.65 bits per heavy atom. The third-order valence-electron chi connectivity index (χ3n) is 3.98. The van der Waals surface area contributed by atoms with E-state index in [1.54, 1.807) is 10.8 Å². The van der Waals surface area contributed by atoms with Gasteiger partial charge in [-0.05, 0) is 34.1 Å². The predicted molar refractivity (Wildman–Crippen MR) is 92.8 cm³/mol. The van der Waals surface area contributed by atoms with Crippen molar-refractivity contribution in [3.8, 4) is 5.69 Å². The van der Waals surface area contributed by atoms with Gasteiger partial charge in [-0.2, -0.15) is 0 Å². The molecule has 0 amide bonds. The Balaban J connectivity index is 2.06. The van der Waals surface area contributed by atoms with Crippen molar-refractivity contribution in [3.05, 3.63) is 65.7 Å². The second-order valence-electron chi connectivity index (χ2n) is 5.28. The Bertz CT molecular complexity index is 1170. The van der Waals surface area contributed by atoms with Gasteiger partial charge in [0.15, 0.2) is 11.3 Å². The quantitative estimate of drug-likeness (QED) is 0.452. The van der Waals surface area contributed by atoms with Crippen molar-refractivity contribution in [1.82, 2.24) is 24.1 Å². The van der Waals surface area contributed by atoms with Crippen molar-refractivity contribution in [2.75, 3.05) is 0 Å². The number of benzene rings is 2. The number of halogens is 1. The summed E-state index contributed by atoms with van der Waals surface area (Å²) in [6.45, 7) is 0. The van der Waals surface area contributed by atoms with Crippen LogP contribution in [-0.2, 0) is 0 Å². The molecule has 23 heavy (non-hydrogen) atoms. The normalized spacial score (nSPS) is 11.7. The summed E-state index contributed by atoms with van der Waals surface area (Å²) in [7, 11) is 0. The molecule has 0 saturated carbocycles. The number of aromatic nitrogens is 5. The van der Waals surface area contributed by atoms with Crippen LogP contribution in [0.3, 0.4) is 0 Å². The molecule has 3 heterocycles. The highest BCUT2D eigenvalue weighted by Crippen LogP contribution is 2.32. The van der Waals surface area contributed by atoms with Gasteiger partial charge >= 0.3 is 0 Å². The van der Waals surface area contributed by atoms with Gasteiger partial charge in [0.25, 0.3) is 0 Å². The fraction of sp³-hybridized carbons (Fsp3) is 0. The predicted octanol–water partition coefficient (Wildman–Crippen LogP) is 3.98. The van der Waals surface area contributed by atoms with Crippen molar-refractivity contribution < 1.29 is 0 Å². The maximum Gasteiger partial charge on any atom is 0.218 e. The van der Waals surface area contributed by atoms with Crippen LogP contribution < -0.4 is 0 Å². The van der Waals surface area contributed by atoms with Crippen LogP contribution in [0.25, 0.3) is 33.3 Å². The Labute approximate surface area is 139 Å². The van der Waals surface area contributed by atoms with Crippen molar-refractivity contribution in [2.45, 2.75) is 0 Å². The lowest BCUT2D eigenvalue weighted by atomic mass is 10.2. The van der Waals surface area contributed by atoms with Crippen molar-refractivity contribution >= 4 is 43.5 Å². The van der Waals surface area contributed by atoms with Crippen LogP contribution in [0.15, 0.2) is 65.7 Å². The lowest BCUT2D eigenvalue weighted by molar-refractivity contribution is 0.915. The van der Waals surface area contributed by atoms with Gasteiger partial charge < -0.3 is 0 Å². The third-order valence-corrected chi connectivity index (χ3v) is 4.32. The second kappa shape index (κ2) is 4.63. The maximum absolute atomic E-state index is 4.64. The van der Waals surface area contributed by atoms with E-state index in [0.717, 1.165) is 33.3 Å². The largest absolute Gasteiger partial charge is 0.294 e. The molecule has 0 bridgehead atoms. The molecule has 0 aliphatic carbocycles. The van der Waals surface area contributed by atoms with Gasteiger partial charge in [-0.1, -0.05) is 36.4 Å². The summed E-state index contributed by atoms with van der Waals surface area (Å²) in [5, 5.41) is 6.42. The molecule has 110 valence electrons. The highest BCUT2D eigenvalue weighted by Gasteiger charge is 2.17. The fourth-order valence-electron chi connectivity index (χ4n) is 3.07. The number of hydrogen-bond acceptors (Lipinski definition) is 3. The molecular formula is C17H10BrN5. The van der Waals surface area contributed by atoms with E-state index in [0.29, 0.717) is 4.73 Å². The van der Waals surface area contributed by atoms with E-state index < -0.39 is 0 Å². The first kappa shape index (κ1) is 12.8. The highest BCUT2D eigenvalue weighted by atomic mass is 79.9. The van der Waals surface area contributed by atoms with Gasteiger partial charge in [-0.3, -0.25) is 4.57 Å². The molecule has 0 N–H and O–H groups in total. The number of para-hydroxylation sites is 2. The van der Waals surface area contributed by atoms with Crippen LogP contribution in [0, 0.1) is 0 Å². The molecule has 0 saturated heterocycles. The lowest BCUT2D eigenvalue weighted by Gasteiger charge is -2.06. The van der Waals surface area contributed by atoms with E-state index in [9.17, 15) is 0 Å². The summed E-state index contributed by atoms with van der Waals surface area (Å²) in [5.41, 5.74) is 3.86. The molecule has 0 fully saturated rings.